The Hall–Kier alpha value is -1.73. The molecular weight excluding hydrogens is 377 g/mol. The summed E-state index contributed by atoms with van der Waals surface area (Å²) in [4.78, 5) is 13.5. The van der Waals surface area contributed by atoms with E-state index in [0.717, 1.165) is 29.7 Å². The van der Waals surface area contributed by atoms with Gasteiger partial charge in [-0.15, -0.1) is 11.3 Å². The van der Waals surface area contributed by atoms with Crippen LogP contribution in [0, 0.1) is 0 Å². The zero-order chi connectivity index (χ0) is 17.4. The van der Waals surface area contributed by atoms with Gasteiger partial charge in [0.2, 0.25) is 0 Å². The number of benzene rings is 1. The molecule has 128 valence electrons. The predicted molar refractivity (Wildman–Crippen MR) is 105 cm³/mol. The molecule has 3 heterocycles. The number of rotatable bonds is 3. The molecule has 2 aromatic heterocycles. The number of fused-ring (bicyclic) bond motifs is 3. The van der Waals surface area contributed by atoms with E-state index in [2.05, 4.69) is 32.4 Å². The fourth-order valence-corrected chi connectivity index (χ4v) is 4.69. The number of nitrogens with zero attached hydrogens (tertiary/aromatic N) is 4. The molecule has 0 atom stereocenters. The molecule has 0 radical (unpaired) electrons. The first-order valence-electron chi connectivity index (χ1n) is 7.80. The molecule has 3 aromatic rings. The number of thiophene rings is 1. The third-order valence-electron chi connectivity index (χ3n) is 4.19. The topological polar surface area (TPSA) is 53.4 Å². The highest BCUT2D eigenvalue weighted by molar-refractivity contribution is 7.19. The first-order chi connectivity index (χ1) is 12.1. The van der Waals surface area contributed by atoms with Gasteiger partial charge in [0.15, 0.2) is 5.82 Å². The first-order valence-corrected chi connectivity index (χ1v) is 9.37. The van der Waals surface area contributed by atoms with Crippen LogP contribution in [0.3, 0.4) is 0 Å². The summed E-state index contributed by atoms with van der Waals surface area (Å²) in [5.41, 5.74) is 5.04. The van der Waals surface area contributed by atoms with Gasteiger partial charge in [-0.05, 0) is 31.2 Å². The molecule has 4 rings (SSSR count). The van der Waals surface area contributed by atoms with E-state index < -0.39 is 0 Å². The largest absolute Gasteiger partial charge is 0.301 e. The fourth-order valence-electron chi connectivity index (χ4n) is 2.93. The second-order valence-electron chi connectivity index (χ2n) is 5.90. The van der Waals surface area contributed by atoms with Crippen LogP contribution in [-0.4, -0.2) is 34.7 Å². The quantitative estimate of drug-likeness (QED) is 0.529. The molecule has 5 nitrogen and oxygen atoms in total. The number of aromatic nitrogens is 2. The standard InChI is InChI=1S/C17H15Cl2N5S/c1-24-6-5-10-14(8-24)25-17-15(10)16(20-9-21-17)23-22-7-11-12(18)3-2-4-13(11)19/h2-4,7,9H,5-6,8H2,1H3,(H,20,21,23)/b22-7+. The molecule has 1 N–H and O–H groups in total. The van der Waals surface area contributed by atoms with Crippen molar-refractivity contribution >= 4 is 56.8 Å². The highest BCUT2D eigenvalue weighted by atomic mass is 35.5. The molecule has 0 spiro atoms. The molecule has 0 unspecified atom stereocenters. The minimum Gasteiger partial charge on any atom is -0.301 e. The van der Waals surface area contributed by atoms with Gasteiger partial charge in [0.25, 0.3) is 0 Å². The van der Waals surface area contributed by atoms with Gasteiger partial charge in [-0.2, -0.15) is 5.10 Å². The van der Waals surface area contributed by atoms with Gasteiger partial charge in [0.05, 0.1) is 21.6 Å². The van der Waals surface area contributed by atoms with Gasteiger partial charge in [0, 0.05) is 23.5 Å². The molecule has 0 amide bonds. The third-order valence-corrected chi connectivity index (χ3v) is 5.98. The lowest BCUT2D eigenvalue weighted by atomic mass is 10.1. The van der Waals surface area contributed by atoms with Crippen molar-refractivity contribution in [2.75, 3.05) is 19.0 Å². The second kappa shape index (κ2) is 6.88. The van der Waals surface area contributed by atoms with E-state index in [9.17, 15) is 0 Å². The van der Waals surface area contributed by atoms with Crippen LogP contribution in [0.5, 0.6) is 0 Å². The highest BCUT2D eigenvalue weighted by Crippen LogP contribution is 2.36. The van der Waals surface area contributed by atoms with Crippen molar-refractivity contribution in [3.05, 3.63) is 50.6 Å². The van der Waals surface area contributed by atoms with E-state index in [-0.39, 0.29) is 0 Å². The smallest absolute Gasteiger partial charge is 0.158 e. The average Bonchev–Trinajstić information content (AvgIpc) is 2.95. The van der Waals surface area contributed by atoms with Gasteiger partial charge in [-0.1, -0.05) is 29.3 Å². The molecule has 0 bridgehead atoms. The van der Waals surface area contributed by atoms with Gasteiger partial charge in [-0.25, -0.2) is 9.97 Å². The minimum atomic E-state index is 0.557. The Kier molecular flexibility index (Phi) is 4.60. The molecule has 1 aromatic carbocycles. The van der Waals surface area contributed by atoms with Gasteiger partial charge >= 0.3 is 0 Å². The maximum atomic E-state index is 6.17. The molecule has 0 saturated carbocycles. The molecule has 0 saturated heterocycles. The summed E-state index contributed by atoms with van der Waals surface area (Å²) in [5.74, 6) is 0.714. The summed E-state index contributed by atoms with van der Waals surface area (Å²) in [5, 5.41) is 6.47. The first kappa shape index (κ1) is 16.7. The van der Waals surface area contributed by atoms with Crippen LogP contribution in [0.1, 0.15) is 16.0 Å². The Morgan fingerprint density at radius 3 is 2.88 bits per heavy atom. The van der Waals surface area contributed by atoms with Gasteiger partial charge in [0.1, 0.15) is 11.2 Å². The molecule has 25 heavy (non-hydrogen) atoms. The third kappa shape index (κ3) is 3.22. The summed E-state index contributed by atoms with van der Waals surface area (Å²) >= 11 is 14.1. The van der Waals surface area contributed by atoms with E-state index >= 15 is 0 Å². The van der Waals surface area contributed by atoms with Crippen molar-refractivity contribution < 1.29 is 0 Å². The number of halogens is 2. The molecule has 8 heteroatoms. The summed E-state index contributed by atoms with van der Waals surface area (Å²) in [7, 11) is 2.13. The van der Waals surface area contributed by atoms with Crippen LogP contribution in [-0.2, 0) is 13.0 Å². The molecule has 0 fully saturated rings. The lowest BCUT2D eigenvalue weighted by molar-refractivity contribution is 0.318. The Morgan fingerprint density at radius 2 is 2.08 bits per heavy atom. The van der Waals surface area contributed by atoms with Crippen LogP contribution < -0.4 is 5.43 Å². The SMILES string of the molecule is CN1CCc2c(sc3ncnc(N/N=C/c4c(Cl)cccc4Cl)c23)C1. The number of hydrogen-bond donors (Lipinski definition) is 1. The van der Waals surface area contributed by atoms with Crippen LogP contribution in [0.15, 0.2) is 29.6 Å². The average molecular weight is 392 g/mol. The zero-order valence-electron chi connectivity index (χ0n) is 13.5. The Labute approximate surface area is 159 Å². The summed E-state index contributed by atoms with van der Waals surface area (Å²) < 4.78 is 0. The number of nitrogens with one attached hydrogen (secondary N) is 1. The van der Waals surface area contributed by atoms with E-state index in [0.29, 0.717) is 21.4 Å². The van der Waals surface area contributed by atoms with Crippen molar-refractivity contribution in [2.24, 2.45) is 5.10 Å². The summed E-state index contributed by atoms with van der Waals surface area (Å²) in [6.45, 7) is 1.99. The van der Waals surface area contributed by atoms with Crippen molar-refractivity contribution in [3.8, 4) is 0 Å². The van der Waals surface area contributed by atoms with Gasteiger partial charge in [-0.3, -0.25) is 5.43 Å². The summed E-state index contributed by atoms with van der Waals surface area (Å²) in [6, 6.07) is 5.37. The van der Waals surface area contributed by atoms with E-state index in [4.69, 9.17) is 23.2 Å². The maximum absolute atomic E-state index is 6.17. The number of likely N-dealkylation sites (N-methyl/N-ethyl adjacent to an activating group) is 1. The van der Waals surface area contributed by atoms with Crippen LogP contribution in [0.4, 0.5) is 5.82 Å². The lowest BCUT2D eigenvalue weighted by Gasteiger charge is -2.22. The minimum absolute atomic E-state index is 0.557. The van der Waals surface area contributed by atoms with Crippen molar-refractivity contribution in [1.29, 1.82) is 0 Å². The highest BCUT2D eigenvalue weighted by Gasteiger charge is 2.21. The van der Waals surface area contributed by atoms with Crippen LogP contribution >= 0.6 is 34.5 Å². The molecular formula is C17H15Cl2N5S. The van der Waals surface area contributed by atoms with Crippen LogP contribution in [0.2, 0.25) is 10.0 Å². The zero-order valence-corrected chi connectivity index (χ0v) is 15.8. The van der Waals surface area contributed by atoms with Crippen LogP contribution in [0.25, 0.3) is 10.2 Å². The molecule has 0 aliphatic carbocycles. The number of hydrogen-bond acceptors (Lipinski definition) is 6. The Balaban J connectivity index is 1.67. The maximum Gasteiger partial charge on any atom is 0.158 e. The predicted octanol–water partition coefficient (Wildman–Crippen LogP) is 4.43. The monoisotopic (exact) mass is 391 g/mol. The van der Waals surface area contributed by atoms with Gasteiger partial charge < -0.3 is 4.90 Å². The fraction of sp³-hybridized carbons (Fsp3) is 0.235. The number of anilines is 1. The normalized spacial score (nSPS) is 15.0. The Bertz CT molecular complexity index is 949. The van der Waals surface area contributed by atoms with E-state index in [1.165, 1.54) is 10.4 Å². The van der Waals surface area contributed by atoms with E-state index in [1.807, 2.05) is 0 Å². The second-order valence-corrected chi connectivity index (χ2v) is 7.80. The van der Waals surface area contributed by atoms with Crippen molar-refractivity contribution in [1.82, 2.24) is 14.9 Å². The Morgan fingerprint density at radius 1 is 1.28 bits per heavy atom. The van der Waals surface area contributed by atoms with Crippen molar-refractivity contribution in [2.45, 2.75) is 13.0 Å². The van der Waals surface area contributed by atoms with E-state index in [1.54, 1.807) is 42.1 Å². The van der Waals surface area contributed by atoms with Crippen molar-refractivity contribution in [3.63, 3.8) is 0 Å². The summed E-state index contributed by atoms with van der Waals surface area (Å²) in [6.07, 6.45) is 4.17. The molecule has 1 aliphatic heterocycles. The molecule has 1 aliphatic rings. The number of hydrazone groups is 1. The lowest BCUT2D eigenvalue weighted by Crippen LogP contribution is -2.25.